The van der Waals surface area contributed by atoms with Crippen LogP contribution in [0.5, 0.6) is 0 Å². The molecule has 1 fully saturated rings. The topological polar surface area (TPSA) is 35.5 Å². The molecule has 0 aliphatic heterocycles. The molecule has 0 aromatic carbocycles. The highest BCUT2D eigenvalue weighted by molar-refractivity contribution is 5.60. The molecule has 0 aromatic rings. The number of hydrogen-bond acceptors (Lipinski definition) is 3. The lowest BCUT2D eigenvalue weighted by molar-refractivity contribution is -0.000128. The van der Waals surface area contributed by atoms with Crippen molar-refractivity contribution in [2.75, 3.05) is 6.61 Å². The lowest BCUT2D eigenvalue weighted by Gasteiger charge is -2.26. The Bertz CT molecular complexity index is 201. The second-order valence-electron chi connectivity index (χ2n) is 4.97. The van der Waals surface area contributed by atoms with Gasteiger partial charge in [0.05, 0.1) is 6.61 Å². The summed E-state index contributed by atoms with van der Waals surface area (Å²) in [5.74, 6) is 1.03. The zero-order chi connectivity index (χ0) is 11.3. The van der Waals surface area contributed by atoms with Crippen LogP contribution in [0.4, 0.5) is 4.79 Å². The minimum Gasteiger partial charge on any atom is -0.434 e. The van der Waals surface area contributed by atoms with Crippen LogP contribution >= 0.6 is 0 Å². The maximum Gasteiger partial charge on any atom is 0.508 e. The van der Waals surface area contributed by atoms with Gasteiger partial charge in [-0.2, -0.15) is 0 Å². The molecule has 3 heteroatoms. The lowest BCUT2D eigenvalue weighted by atomic mass is 9.89. The summed E-state index contributed by atoms with van der Waals surface area (Å²) in [6.45, 7) is 6.67. The summed E-state index contributed by atoms with van der Waals surface area (Å²) in [4.78, 5) is 11.3. The quantitative estimate of drug-likeness (QED) is 0.676. The fourth-order valence-electron chi connectivity index (χ4n) is 1.89. The van der Waals surface area contributed by atoms with E-state index in [1.54, 1.807) is 0 Å². The number of carbonyl (C=O) groups is 1. The Labute approximate surface area is 92.1 Å². The van der Waals surface area contributed by atoms with Gasteiger partial charge in [-0.25, -0.2) is 4.79 Å². The summed E-state index contributed by atoms with van der Waals surface area (Å²) in [7, 11) is 0. The maximum atomic E-state index is 11.3. The highest BCUT2D eigenvalue weighted by Gasteiger charge is 2.22. The van der Waals surface area contributed by atoms with E-state index in [-0.39, 0.29) is 6.10 Å². The first-order chi connectivity index (χ1) is 7.08. The Kier molecular flexibility index (Phi) is 4.92. The fraction of sp³-hybridized carbons (Fsp3) is 0.917. The normalized spacial score (nSPS) is 26.4. The van der Waals surface area contributed by atoms with Gasteiger partial charge in [-0.1, -0.05) is 27.2 Å². The van der Waals surface area contributed by atoms with Crippen molar-refractivity contribution in [2.45, 2.75) is 52.6 Å². The molecule has 0 radical (unpaired) electrons. The van der Waals surface area contributed by atoms with Gasteiger partial charge in [-0.05, 0) is 31.1 Å². The Morgan fingerprint density at radius 1 is 1.40 bits per heavy atom. The minimum atomic E-state index is -0.497. The van der Waals surface area contributed by atoms with Crippen LogP contribution in [0.25, 0.3) is 0 Å². The average molecular weight is 214 g/mol. The Balaban J connectivity index is 2.19. The number of carbonyl (C=O) groups excluding carboxylic acids is 1. The second-order valence-corrected chi connectivity index (χ2v) is 4.97. The first-order valence-corrected chi connectivity index (χ1v) is 5.91. The van der Waals surface area contributed by atoms with Gasteiger partial charge in [-0.3, -0.25) is 0 Å². The molecule has 88 valence electrons. The van der Waals surface area contributed by atoms with Crippen molar-refractivity contribution in [2.24, 2.45) is 11.8 Å². The molecule has 3 nitrogen and oxygen atoms in total. The average Bonchev–Trinajstić information content (AvgIpc) is 2.15. The van der Waals surface area contributed by atoms with Crippen LogP contribution in [-0.4, -0.2) is 18.9 Å². The Morgan fingerprint density at radius 3 is 2.73 bits per heavy atom. The number of hydrogen-bond donors (Lipinski definition) is 0. The molecule has 1 rings (SSSR count). The molecule has 0 aromatic heterocycles. The van der Waals surface area contributed by atoms with E-state index in [9.17, 15) is 4.79 Å². The van der Waals surface area contributed by atoms with Crippen molar-refractivity contribution in [1.29, 1.82) is 0 Å². The zero-order valence-corrected chi connectivity index (χ0v) is 9.99. The highest BCUT2D eigenvalue weighted by Crippen LogP contribution is 2.25. The SMILES string of the molecule is CC(C)COC(=O)OC1CCCC(C)C1. The van der Waals surface area contributed by atoms with Crippen molar-refractivity contribution >= 4 is 6.16 Å². The third-order valence-electron chi connectivity index (χ3n) is 2.69. The molecule has 1 saturated carbocycles. The third kappa shape index (κ3) is 5.05. The van der Waals surface area contributed by atoms with Crippen molar-refractivity contribution in [3.8, 4) is 0 Å². The Hall–Kier alpha value is -0.730. The zero-order valence-electron chi connectivity index (χ0n) is 9.99. The van der Waals surface area contributed by atoms with Gasteiger partial charge in [0.25, 0.3) is 0 Å². The molecule has 2 atom stereocenters. The van der Waals surface area contributed by atoms with E-state index in [1.807, 2.05) is 13.8 Å². The third-order valence-corrected chi connectivity index (χ3v) is 2.69. The van der Waals surface area contributed by atoms with Crippen LogP contribution < -0.4 is 0 Å². The fourth-order valence-corrected chi connectivity index (χ4v) is 1.89. The predicted octanol–water partition coefficient (Wildman–Crippen LogP) is 3.37. The predicted molar refractivity (Wildman–Crippen MR) is 58.7 cm³/mol. The van der Waals surface area contributed by atoms with Gasteiger partial charge in [-0.15, -0.1) is 0 Å². The molecule has 0 saturated heterocycles. The highest BCUT2D eigenvalue weighted by atomic mass is 16.7. The maximum absolute atomic E-state index is 11.3. The van der Waals surface area contributed by atoms with Crippen LogP contribution in [0.3, 0.4) is 0 Å². The molecule has 0 heterocycles. The molecule has 0 amide bonds. The number of rotatable bonds is 3. The van der Waals surface area contributed by atoms with Gasteiger partial charge in [0.1, 0.15) is 6.10 Å². The molecular weight excluding hydrogens is 192 g/mol. The molecule has 1 aliphatic rings. The monoisotopic (exact) mass is 214 g/mol. The van der Waals surface area contributed by atoms with Crippen LogP contribution in [0, 0.1) is 11.8 Å². The summed E-state index contributed by atoms with van der Waals surface area (Å²) in [6, 6.07) is 0. The van der Waals surface area contributed by atoms with Crippen LogP contribution in [0.2, 0.25) is 0 Å². The summed E-state index contributed by atoms with van der Waals surface area (Å²) in [6.07, 6.45) is 3.96. The van der Waals surface area contributed by atoms with Gasteiger partial charge < -0.3 is 9.47 Å². The summed E-state index contributed by atoms with van der Waals surface area (Å²) in [5.41, 5.74) is 0. The van der Waals surface area contributed by atoms with Crippen molar-refractivity contribution in [3.63, 3.8) is 0 Å². The van der Waals surface area contributed by atoms with Crippen molar-refractivity contribution < 1.29 is 14.3 Å². The van der Waals surface area contributed by atoms with Gasteiger partial charge in [0, 0.05) is 0 Å². The molecule has 15 heavy (non-hydrogen) atoms. The van der Waals surface area contributed by atoms with Gasteiger partial charge in [0.2, 0.25) is 0 Å². The molecule has 0 spiro atoms. The van der Waals surface area contributed by atoms with Crippen LogP contribution in [0.15, 0.2) is 0 Å². The lowest BCUT2D eigenvalue weighted by Crippen LogP contribution is -2.25. The van der Waals surface area contributed by atoms with E-state index >= 15 is 0 Å². The van der Waals surface area contributed by atoms with E-state index in [2.05, 4.69) is 6.92 Å². The van der Waals surface area contributed by atoms with Crippen LogP contribution in [0.1, 0.15) is 46.5 Å². The first-order valence-electron chi connectivity index (χ1n) is 5.91. The summed E-state index contributed by atoms with van der Waals surface area (Å²) in [5, 5.41) is 0. The van der Waals surface area contributed by atoms with E-state index in [4.69, 9.17) is 9.47 Å². The second kappa shape index (κ2) is 5.99. The van der Waals surface area contributed by atoms with Crippen molar-refractivity contribution in [1.82, 2.24) is 0 Å². The molecular formula is C12H22O3. The molecule has 1 aliphatic carbocycles. The van der Waals surface area contributed by atoms with Gasteiger partial charge in [0.15, 0.2) is 0 Å². The van der Waals surface area contributed by atoms with E-state index in [0.717, 1.165) is 19.3 Å². The summed E-state index contributed by atoms with van der Waals surface area (Å²) >= 11 is 0. The summed E-state index contributed by atoms with van der Waals surface area (Å²) < 4.78 is 10.2. The van der Waals surface area contributed by atoms with E-state index in [0.29, 0.717) is 18.4 Å². The largest absolute Gasteiger partial charge is 0.508 e. The molecule has 0 bridgehead atoms. The molecule has 0 N–H and O–H groups in total. The van der Waals surface area contributed by atoms with Gasteiger partial charge >= 0.3 is 6.16 Å². The first kappa shape index (κ1) is 12.3. The van der Waals surface area contributed by atoms with E-state index < -0.39 is 6.16 Å². The van der Waals surface area contributed by atoms with E-state index in [1.165, 1.54) is 6.42 Å². The standard InChI is InChI=1S/C12H22O3/c1-9(2)8-14-12(13)15-11-6-4-5-10(3)7-11/h9-11H,4-8H2,1-3H3. The molecule has 2 unspecified atom stereocenters. The Morgan fingerprint density at radius 2 is 2.13 bits per heavy atom. The van der Waals surface area contributed by atoms with Crippen LogP contribution in [-0.2, 0) is 9.47 Å². The number of ether oxygens (including phenoxy) is 2. The minimum absolute atomic E-state index is 0.0772. The van der Waals surface area contributed by atoms with Crippen molar-refractivity contribution in [3.05, 3.63) is 0 Å². The smallest absolute Gasteiger partial charge is 0.434 e.